The summed E-state index contributed by atoms with van der Waals surface area (Å²) in [5, 5.41) is 5.05. The Labute approximate surface area is 170 Å². The number of hydrogen-bond acceptors (Lipinski definition) is 6. The fourth-order valence-electron chi connectivity index (χ4n) is 3.90. The SMILES string of the molecule is CCOC(=O)c1nn(-c2ccc(C)cc2)c2nc3sc4c(c3c(=O)n12)CCCC4. The van der Waals surface area contributed by atoms with Gasteiger partial charge in [0.25, 0.3) is 5.56 Å². The first-order chi connectivity index (χ1) is 14.1. The molecular formula is C21H20N4O3S. The molecule has 0 unspecified atom stereocenters. The Morgan fingerprint density at radius 1 is 1.21 bits per heavy atom. The Hall–Kier alpha value is -3.00. The zero-order valence-corrected chi connectivity index (χ0v) is 17.1. The third-order valence-electron chi connectivity index (χ3n) is 5.30. The van der Waals surface area contributed by atoms with Crippen molar-refractivity contribution >= 4 is 33.3 Å². The molecule has 7 nitrogen and oxygen atoms in total. The van der Waals surface area contributed by atoms with E-state index in [1.165, 1.54) is 9.28 Å². The van der Waals surface area contributed by atoms with Crippen LogP contribution in [0, 0.1) is 6.92 Å². The number of nitrogens with zero attached hydrogens (tertiary/aromatic N) is 4. The normalized spacial score (nSPS) is 13.7. The predicted molar refractivity (Wildman–Crippen MR) is 111 cm³/mol. The first-order valence-corrected chi connectivity index (χ1v) is 10.6. The molecule has 0 radical (unpaired) electrons. The van der Waals surface area contributed by atoms with E-state index in [0.29, 0.717) is 16.0 Å². The number of carbonyl (C=O) groups is 1. The summed E-state index contributed by atoms with van der Waals surface area (Å²) in [4.78, 5) is 32.8. The molecule has 1 aliphatic rings. The fourth-order valence-corrected chi connectivity index (χ4v) is 5.15. The standard InChI is InChI=1S/C21H20N4O3S/c1-3-28-20(27)17-23-25(13-10-8-12(2)9-11-13)21-22-18-16(19(26)24(17)21)14-6-4-5-7-15(14)29-18/h8-11H,3-7H2,1-2H3. The summed E-state index contributed by atoms with van der Waals surface area (Å²) in [6.45, 7) is 3.93. The average molecular weight is 408 g/mol. The number of aryl methyl sites for hydroxylation is 3. The predicted octanol–water partition coefficient (Wildman–Crippen LogP) is 3.46. The van der Waals surface area contributed by atoms with E-state index in [-0.39, 0.29) is 18.0 Å². The molecule has 29 heavy (non-hydrogen) atoms. The lowest BCUT2D eigenvalue weighted by Gasteiger charge is -2.09. The zero-order chi connectivity index (χ0) is 20.1. The van der Waals surface area contributed by atoms with Crippen molar-refractivity contribution in [2.24, 2.45) is 0 Å². The van der Waals surface area contributed by atoms with Crippen LogP contribution in [0.1, 0.15) is 46.4 Å². The van der Waals surface area contributed by atoms with Crippen molar-refractivity contribution in [3.63, 3.8) is 0 Å². The second-order valence-corrected chi connectivity index (χ2v) is 8.32. The number of hydrogen-bond donors (Lipinski definition) is 0. The molecule has 0 saturated carbocycles. The molecule has 1 aliphatic carbocycles. The lowest BCUT2D eigenvalue weighted by molar-refractivity contribution is 0.0509. The van der Waals surface area contributed by atoms with Gasteiger partial charge >= 0.3 is 5.97 Å². The number of aromatic nitrogens is 4. The summed E-state index contributed by atoms with van der Waals surface area (Å²) < 4.78 is 8.02. The topological polar surface area (TPSA) is 78.5 Å². The molecule has 0 spiro atoms. The summed E-state index contributed by atoms with van der Waals surface area (Å²) >= 11 is 1.58. The monoisotopic (exact) mass is 408 g/mol. The third-order valence-corrected chi connectivity index (χ3v) is 6.49. The van der Waals surface area contributed by atoms with Crippen LogP contribution in [-0.4, -0.2) is 31.7 Å². The second kappa shape index (κ2) is 6.81. The van der Waals surface area contributed by atoms with Crippen LogP contribution in [-0.2, 0) is 17.6 Å². The highest BCUT2D eigenvalue weighted by atomic mass is 32.1. The molecular weight excluding hydrogens is 388 g/mol. The highest BCUT2D eigenvalue weighted by molar-refractivity contribution is 7.18. The maximum atomic E-state index is 13.5. The van der Waals surface area contributed by atoms with Crippen LogP contribution in [0.25, 0.3) is 21.7 Å². The van der Waals surface area contributed by atoms with Gasteiger partial charge in [-0.25, -0.2) is 14.2 Å². The first kappa shape index (κ1) is 18.1. The maximum absolute atomic E-state index is 13.5. The van der Waals surface area contributed by atoms with Gasteiger partial charge in [0.05, 0.1) is 17.7 Å². The van der Waals surface area contributed by atoms with Gasteiger partial charge in [-0.05, 0) is 57.2 Å². The van der Waals surface area contributed by atoms with E-state index >= 15 is 0 Å². The van der Waals surface area contributed by atoms with Crippen molar-refractivity contribution in [1.29, 1.82) is 0 Å². The smallest absolute Gasteiger partial charge is 0.376 e. The van der Waals surface area contributed by atoms with Crippen molar-refractivity contribution in [2.75, 3.05) is 6.61 Å². The van der Waals surface area contributed by atoms with Crippen LogP contribution < -0.4 is 5.56 Å². The minimum Gasteiger partial charge on any atom is -0.460 e. The molecule has 148 valence electrons. The Morgan fingerprint density at radius 3 is 2.72 bits per heavy atom. The molecule has 0 bridgehead atoms. The lowest BCUT2D eigenvalue weighted by Crippen LogP contribution is -2.21. The number of rotatable bonds is 3. The van der Waals surface area contributed by atoms with Crippen LogP contribution in [0.4, 0.5) is 0 Å². The number of ether oxygens (including phenoxy) is 1. The molecule has 0 fully saturated rings. The summed E-state index contributed by atoms with van der Waals surface area (Å²) in [5.41, 5.74) is 2.68. The maximum Gasteiger partial charge on any atom is 0.376 e. The molecule has 1 aromatic carbocycles. The van der Waals surface area contributed by atoms with Crippen LogP contribution in [0.2, 0.25) is 0 Å². The fraction of sp³-hybridized carbons (Fsp3) is 0.333. The molecule has 0 amide bonds. The van der Waals surface area contributed by atoms with E-state index in [4.69, 9.17) is 9.72 Å². The molecule has 0 saturated heterocycles. The molecule has 3 aromatic heterocycles. The summed E-state index contributed by atoms with van der Waals surface area (Å²) in [7, 11) is 0. The van der Waals surface area contributed by atoms with Gasteiger partial charge in [-0.1, -0.05) is 17.7 Å². The molecule has 3 heterocycles. The van der Waals surface area contributed by atoms with Crippen molar-refractivity contribution in [3.8, 4) is 5.69 Å². The molecule has 8 heteroatoms. The minimum absolute atomic E-state index is 0.0439. The van der Waals surface area contributed by atoms with Crippen LogP contribution >= 0.6 is 11.3 Å². The van der Waals surface area contributed by atoms with Gasteiger partial charge in [0, 0.05) is 4.88 Å². The van der Waals surface area contributed by atoms with Crippen LogP contribution in [0.5, 0.6) is 0 Å². The van der Waals surface area contributed by atoms with Crippen molar-refractivity contribution in [3.05, 3.63) is 56.4 Å². The Balaban J connectivity index is 1.86. The van der Waals surface area contributed by atoms with Gasteiger partial charge in [0.15, 0.2) is 0 Å². The van der Waals surface area contributed by atoms with Gasteiger partial charge in [0.1, 0.15) is 4.83 Å². The van der Waals surface area contributed by atoms with Crippen molar-refractivity contribution < 1.29 is 9.53 Å². The van der Waals surface area contributed by atoms with Gasteiger partial charge in [-0.15, -0.1) is 16.4 Å². The van der Waals surface area contributed by atoms with Gasteiger partial charge in [0.2, 0.25) is 11.6 Å². The number of fused-ring (bicyclic) bond motifs is 4. The summed E-state index contributed by atoms with van der Waals surface area (Å²) in [6.07, 6.45) is 4.05. The number of esters is 1. The highest BCUT2D eigenvalue weighted by Crippen LogP contribution is 2.34. The number of carbonyl (C=O) groups excluding carboxylic acids is 1. The number of benzene rings is 1. The Morgan fingerprint density at radius 2 is 1.97 bits per heavy atom. The van der Waals surface area contributed by atoms with Crippen molar-refractivity contribution in [1.82, 2.24) is 19.2 Å². The van der Waals surface area contributed by atoms with Gasteiger partial charge in [-0.3, -0.25) is 4.79 Å². The molecule has 4 aromatic rings. The van der Waals surface area contributed by atoms with E-state index in [1.54, 1.807) is 22.9 Å². The zero-order valence-electron chi connectivity index (χ0n) is 16.3. The minimum atomic E-state index is -0.629. The Bertz CT molecular complexity index is 1310. The largest absolute Gasteiger partial charge is 0.460 e. The van der Waals surface area contributed by atoms with E-state index in [2.05, 4.69) is 5.10 Å². The molecule has 0 N–H and O–H groups in total. The number of thiophene rings is 1. The van der Waals surface area contributed by atoms with E-state index in [1.807, 2.05) is 31.2 Å². The van der Waals surface area contributed by atoms with E-state index in [9.17, 15) is 9.59 Å². The quantitative estimate of drug-likeness (QED) is 0.485. The summed E-state index contributed by atoms with van der Waals surface area (Å²) in [5.74, 6) is -0.346. The Kier molecular flexibility index (Phi) is 4.24. The van der Waals surface area contributed by atoms with Gasteiger partial charge in [-0.2, -0.15) is 4.68 Å². The summed E-state index contributed by atoms with van der Waals surface area (Å²) in [6, 6.07) is 7.70. The third kappa shape index (κ3) is 2.78. The molecule has 5 rings (SSSR count). The molecule has 0 aliphatic heterocycles. The first-order valence-electron chi connectivity index (χ1n) is 9.78. The van der Waals surface area contributed by atoms with Crippen LogP contribution in [0.3, 0.4) is 0 Å². The van der Waals surface area contributed by atoms with Crippen LogP contribution in [0.15, 0.2) is 29.1 Å². The van der Waals surface area contributed by atoms with Gasteiger partial charge < -0.3 is 4.74 Å². The second-order valence-electron chi connectivity index (χ2n) is 7.23. The van der Waals surface area contributed by atoms with E-state index in [0.717, 1.165) is 42.5 Å². The van der Waals surface area contributed by atoms with Crippen molar-refractivity contribution in [2.45, 2.75) is 39.5 Å². The average Bonchev–Trinajstić information content (AvgIpc) is 3.28. The lowest BCUT2D eigenvalue weighted by atomic mass is 9.97. The molecule has 0 atom stereocenters. The van der Waals surface area contributed by atoms with E-state index < -0.39 is 5.97 Å². The highest BCUT2D eigenvalue weighted by Gasteiger charge is 2.26.